The smallest absolute Gasteiger partial charge is 0.242 e. The van der Waals surface area contributed by atoms with E-state index in [0.29, 0.717) is 37.6 Å². The van der Waals surface area contributed by atoms with Gasteiger partial charge in [-0.1, -0.05) is 6.07 Å². The van der Waals surface area contributed by atoms with E-state index in [-0.39, 0.29) is 24.3 Å². The van der Waals surface area contributed by atoms with Crippen molar-refractivity contribution in [2.24, 2.45) is 0 Å². The highest BCUT2D eigenvalue weighted by molar-refractivity contribution is 5.98. The number of ether oxygens (including phenoxy) is 1. The van der Waals surface area contributed by atoms with E-state index in [4.69, 9.17) is 4.74 Å². The van der Waals surface area contributed by atoms with E-state index in [1.165, 1.54) is 25.9 Å². The Labute approximate surface area is 148 Å². The number of rotatable bonds is 4. The maximum Gasteiger partial charge on any atom is 0.242 e. The fraction of sp³-hybridized carbons (Fsp3) is 0.500. The third-order valence-corrected chi connectivity index (χ3v) is 4.38. The summed E-state index contributed by atoms with van der Waals surface area (Å²) >= 11 is 0. The van der Waals surface area contributed by atoms with Gasteiger partial charge in [0.2, 0.25) is 17.7 Å². The minimum Gasteiger partial charge on any atom is -0.495 e. The summed E-state index contributed by atoms with van der Waals surface area (Å²) in [6.07, 6.45) is 0. The van der Waals surface area contributed by atoms with E-state index in [0.717, 1.165) is 5.56 Å². The van der Waals surface area contributed by atoms with E-state index in [1.807, 2.05) is 19.1 Å². The lowest BCUT2D eigenvalue weighted by molar-refractivity contribution is -0.137. The van der Waals surface area contributed by atoms with Crippen LogP contribution in [0.4, 0.5) is 5.69 Å². The molecule has 1 saturated heterocycles. The summed E-state index contributed by atoms with van der Waals surface area (Å²) in [5, 5.41) is 0. The Morgan fingerprint density at radius 1 is 1.08 bits per heavy atom. The van der Waals surface area contributed by atoms with Crippen molar-refractivity contribution >= 4 is 23.4 Å². The summed E-state index contributed by atoms with van der Waals surface area (Å²) in [4.78, 5) is 41.0. The van der Waals surface area contributed by atoms with E-state index >= 15 is 0 Å². The highest BCUT2D eigenvalue weighted by atomic mass is 16.5. The maximum absolute atomic E-state index is 12.6. The molecule has 3 amide bonds. The highest BCUT2D eigenvalue weighted by Gasteiger charge is 2.26. The third kappa shape index (κ3) is 4.49. The maximum atomic E-state index is 12.6. The van der Waals surface area contributed by atoms with Gasteiger partial charge < -0.3 is 14.5 Å². The van der Waals surface area contributed by atoms with Gasteiger partial charge in [-0.25, -0.2) is 0 Å². The lowest BCUT2D eigenvalue weighted by Crippen LogP contribution is -2.52. The molecule has 0 unspecified atom stereocenters. The second kappa shape index (κ2) is 8.00. The zero-order valence-electron chi connectivity index (χ0n) is 15.2. The van der Waals surface area contributed by atoms with Crippen molar-refractivity contribution in [1.29, 1.82) is 0 Å². The average Bonchev–Trinajstić information content (AvgIpc) is 2.59. The predicted molar refractivity (Wildman–Crippen MR) is 94.6 cm³/mol. The van der Waals surface area contributed by atoms with Gasteiger partial charge in [-0.3, -0.25) is 19.3 Å². The molecule has 0 radical (unpaired) electrons. The van der Waals surface area contributed by atoms with Crippen molar-refractivity contribution in [3.63, 3.8) is 0 Å². The average molecular weight is 347 g/mol. The first kappa shape index (κ1) is 18.8. The molecule has 25 heavy (non-hydrogen) atoms. The Hall–Kier alpha value is -2.57. The molecule has 0 aliphatic carbocycles. The van der Waals surface area contributed by atoms with Crippen LogP contribution in [0.25, 0.3) is 0 Å². The van der Waals surface area contributed by atoms with Gasteiger partial charge >= 0.3 is 0 Å². The number of piperazine rings is 1. The van der Waals surface area contributed by atoms with Crippen LogP contribution < -0.4 is 9.64 Å². The second-order valence-corrected chi connectivity index (χ2v) is 6.17. The first-order valence-electron chi connectivity index (χ1n) is 8.29. The van der Waals surface area contributed by atoms with Gasteiger partial charge in [-0.05, 0) is 24.6 Å². The minimum absolute atomic E-state index is 0.0157. The molecule has 7 nitrogen and oxygen atoms in total. The SMILES string of the molecule is COc1ccc(C)cc1N(CC(=O)N1CCN(C(C)=O)CC1)C(C)=O. The first-order chi connectivity index (χ1) is 11.8. The molecule has 136 valence electrons. The van der Waals surface area contributed by atoms with E-state index in [1.54, 1.807) is 15.9 Å². The number of aryl methyl sites for hydroxylation is 1. The normalized spacial score (nSPS) is 14.2. The molecule has 2 rings (SSSR count). The number of anilines is 1. The molecule has 1 heterocycles. The predicted octanol–water partition coefficient (Wildman–Crippen LogP) is 1.05. The topological polar surface area (TPSA) is 70.2 Å². The van der Waals surface area contributed by atoms with E-state index in [2.05, 4.69) is 0 Å². The van der Waals surface area contributed by atoms with Crippen molar-refractivity contribution in [2.75, 3.05) is 44.7 Å². The zero-order valence-corrected chi connectivity index (χ0v) is 15.2. The number of carbonyl (C=O) groups is 3. The van der Waals surface area contributed by atoms with Crippen LogP contribution in [0.2, 0.25) is 0 Å². The minimum atomic E-state index is -0.223. The van der Waals surface area contributed by atoms with Crippen molar-refractivity contribution in [1.82, 2.24) is 9.80 Å². The van der Waals surface area contributed by atoms with Crippen LogP contribution in [-0.2, 0) is 14.4 Å². The van der Waals surface area contributed by atoms with Crippen molar-refractivity contribution in [2.45, 2.75) is 20.8 Å². The van der Waals surface area contributed by atoms with E-state index in [9.17, 15) is 14.4 Å². The van der Waals surface area contributed by atoms with Crippen LogP contribution in [0.1, 0.15) is 19.4 Å². The quantitative estimate of drug-likeness (QED) is 0.816. The summed E-state index contributed by atoms with van der Waals surface area (Å²) in [6.45, 7) is 6.84. The van der Waals surface area contributed by atoms with Crippen molar-refractivity contribution < 1.29 is 19.1 Å². The van der Waals surface area contributed by atoms with Gasteiger partial charge in [0.25, 0.3) is 0 Å². The molecule has 0 spiro atoms. The van der Waals surface area contributed by atoms with Crippen molar-refractivity contribution in [3.05, 3.63) is 23.8 Å². The molecule has 0 atom stereocenters. The Morgan fingerprint density at radius 3 is 2.20 bits per heavy atom. The molecule has 1 aliphatic heterocycles. The highest BCUT2D eigenvalue weighted by Crippen LogP contribution is 2.29. The van der Waals surface area contributed by atoms with Crippen molar-refractivity contribution in [3.8, 4) is 5.75 Å². The molecule has 0 saturated carbocycles. The molecule has 1 aliphatic rings. The number of nitrogens with zero attached hydrogens (tertiary/aromatic N) is 3. The van der Waals surface area contributed by atoms with Crippen LogP contribution in [0.3, 0.4) is 0 Å². The monoisotopic (exact) mass is 347 g/mol. The van der Waals surface area contributed by atoms with E-state index < -0.39 is 0 Å². The Bertz CT molecular complexity index is 666. The van der Waals surface area contributed by atoms with Gasteiger partial charge in [0.1, 0.15) is 12.3 Å². The van der Waals surface area contributed by atoms with Gasteiger partial charge in [0, 0.05) is 40.0 Å². The largest absolute Gasteiger partial charge is 0.495 e. The molecular formula is C18H25N3O4. The molecule has 0 bridgehead atoms. The lowest BCUT2D eigenvalue weighted by atomic mass is 10.2. The number of methoxy groups -OCH3 is 1. The number of benzene rings is 1. The first-order valence-corrected chi connectivity index (χ1v) is 8.29. The van der Waals surface area contributed by atoms with Crippen LogP contribution in [0, 0.1) is 6.92 Å². The van der Waals surface area contributed by atoms with Crippen LogP contribution >= 0.6 is 0 Å². The Balaban J connectivity index is 2.12. The second-order valence-electron chi connectivity index (χ2n) is 6.17. The molecule has 1 aromatic carbocycles. The van der Waals surface area contributed by atoms with Crippen LogP contribution in [0.15, 0.2) is 18.2 Å². The van der Waals surface area contributed by atoms with Gasteiger partial charge in [0.15, 0.2) is 0 Å². The number of amides is 3. The molecular weight excluding hydrogens is 322 g/mol. The Morgan fingerprint density at radius 2 is 1.68 bits per heavy atom. The summed E-state index contributed by atoms with van der Waals surface area (Å²) in [5.41, 5.74) is 1.57. The molecule has 0 N–H and O–H groups in total. The lowest BCUT2D eigenvalue weighted by Gasteiger charge is -2.35. The molecule has 0 aromatic heterocycles. The van der Waals surface area contributed by atoms with Crippen LogP contribution in [0.5, 0.6) is 5.75 Å². The summed E-state index contributed by atoms with van der Waals surface area (Å²) in [7, 11) is 1.54. The summed E-state index contributed by atoms with van der Waals surface area (Å²) < 4.78 is 5.34. The fourth-order valence-electron chi connectivity index (χ4n) is 2.88. The summed E-state index contributed by atoms with van der Waals surface area (Å²) in [6, 6.07) is 5.52. The number of hydrogen-bond donors (Lipinski definition) is 0. The summed E-state index contributed by atoms with van der Waals surface area (Å²) in [5.74, 6) is 0.207. The third-order valence-electron chi connectivity index (χ3n) is 4.38. The molecule has 7 heteroatoms. The van der Waals surface area contributed by atoms with Gasteiger partial charge in [-0.2, -0.15) is 0 Å². The molecule has 1 aromatic rings. The number of hydrogen-bond acceptors (Lipinski definition) is 4. The zero-order chi connectivity index (χ0) is 18.6. The Kier molecular flexibility index (Phi) is 6.01. The standard InChI is InChI=1S/C18H25N3O4/c1-13-5-6-17(25-4)16(11-13)21(15(3)23)12-18(24)20-9-7-19(8-10-20)14(2)22/h5-6,11H,7-10,12H2,1-4H3. The van der Waals surface area contributed by atoms with Crippen LogP contribution in [-0.4, -0.2) is 67.4 Å². The van der Waals surface area contributed by atoms with Gasteiger partial charge in [-0.15, -0.1) is 0 Å². The fourth-order valence-corrected chi connectivity index (χ4v) is 2.88. The van der Waals surface area contributed by atoms with Gasteiger partial charge in [0.05, 0.1) is 12.8 Å². The molecule has 1 fully saturated rings. The number of carbonyl (C=O) groups excluding carboxylic acids is 3.